The van der Waals surface area contributed by atoms with Crippen molar-refractivity contribution >= 4 is 17.5 Å². The van der Waals surface area contributed by atoms with Gasteiger partial charge in [0, 0.05) is 5.02 Å². The fourth-order valence-electron chi connectivity index (χ4n) is 1.60. The smallest absolute Gasteiger partial charge is 0.237 e. The first-order chi connectivity index (χ1) is 8.23. The maximum absolute atomic E-state index is 12.0. The van der Waals surface area contributed by atoms with Gasteiger partial charge in [-0.25, -0.2) is 0 Å². The fourth-order valence-corrected chi connectivity index (χ4v) is 1.90. The number of carbonyl (C=O) groups is 1. The number of hydrogen-bond donors (Lipinski definition) is 2. The topological polar surface area (TPSA) is 55.1 Å². The Hall–Kier alpha value is -1.06. The van der Waals surface area contributed by atoms with E-state index < -0.39 is 6.04 Å². The Morgan fingerprint density at radius 2 is 1.89 bits per heavy atom. The van der Waals surface area contributed by atoms with Crippen LogP contribution in [0.1, 0.15) is 39.3 Å². The van der Waals surface area contributed by atoms with Gasteiger partial charge in [-0.3, -0.25) is 4.79 Å². The van der Waals surface area contributed by atoms with Gasteiger partial charge >= 0.3 is 0 Å². The summed E-state index contributed by atoms with van der Waals surface area (Å²) >= 11 is 6.09. The average molecular weight is 269 g/mol. The molecule has 0 aromatic heterocycles. The molecule has 0 radical (unpaired) electrons. The van der Waals surface area contributed by atoms with Crippen LogP contribution in [-0.2, 0) is 4.79 Å². The van der Waals surface area contributed by atoms with E-state index in [1.54, 1.807) is 0 Å². The second-order valence-corrected chi connectivity index (χ2v) is 6.00. The Labute approximate surface area is 114 Å². The SMILES string of the molecule is CC(NC(=O)[C@@H](N)C(C)(C)C)c1ccccc1Cl. The van der Waals surface area contributed by atoms with Crippen LogP contribution in [0.4, 0.5) is 0 Å². The number of hydrogen-bond acceptors (Lipinski definition) is 2. The molecule has 0 saturated carbocycles. The summed E-state index contributed by atoms with van der Waals surface area (Å²) in [6.07, 6.45) is 0. The van der Waals surface area contributed by atoms with E-state index in [1.807, 2.05) is 52.0 Å². The van der Waals surface area contributed by atoms with Crippen LogP contribution in [0.5, 0.6) is 0 Å². The molecule has 3 nitrogen and oxygen atoms in total. The number of carbonyl (C=O) groups excluding carboxylic acids is 1. The summed E-state index contributed by atoms with van der Waals surface area (Å²) in [5, 5.41) is 3.54. The van der Waals surface area contributed by atoms with Crippen LogP contribution in [0.25, 0.3) is 0 Å². The fraction of sp³-hybridized carbons (Fsp3) is 0.500. The van der Waals surface area contributed by atoms with Crippen molar-refractivity contribution in [3.05, 3.63) is 34.9 Å². The first-order valence-electron chi connectivity index (χ1n) is 6.04. The van der Waals surface area contributed by atoms with Gasteiger partial charge in [-0.1, -0.05) is 50.6 Å². The summed E-state index contributed by atoms with van der Waals surface area (Å²) in [5.74, 6) is -0.157. The van der Waals surface area contributed by atoms with E-state index in [-0.39, 0.29) is 17.4 Å². The molecule has 2 atom stereocenters. The molecule has 0 bridgehead atoms. The highest BCUT2D eigenvalue weighted by Crippen LogP contribution is 2.23. The van der Waals surface area contributed by atoms with Gasteiger partial charge in [0.05, 0.1) is 12.1 Å². The molecule has 100 valence electrons. The summed E-state index contributed by atoms with van der Waals surface area (Å²) in [7, 11) is 0. The lowest BCUT2D eigenvalue weighted by molar-refractivity contribution is -0.125. The lowest BCUT2D eigenvalue weighted by atomic mass is 9.86. The zero-order valence-electron chi connectivity index (χ0n) is 11.3. The van der Waals surface area contributed by atoms with E-state index in [2.05, 4.69) is 5.32 Å². The third kappa shape index (κ3) is 3.72. The molecule has 0 heterocycles. The van der Waals surface area contributed by atoms with Crippen LogP contribution < -0.4 is 11.1 Å². The minimum atomic E-state index is -0.539. The Morgan fingerprint density at radius 1 is 1.33 bits per heavy atom. The monoisotopic (exact) mass is 268 g/mol. The van der Waals surface area contributed by atoms with Crippen molar-refractivity contribution in [1.82, 2.24) is 5.32 Å². The molecule has 3 N–H and O–H groups in total. The summed E-state index contributed by atoms with van der Waals surface area (Å²) in [6, 6.07) is 6.77. The van der Waals surface area contributed by atoms with Crippen LogP contribution >= 0.6 is 11.6 Å². The maximum Gasteiger partial charge on any atom is 0.237 e. The molecule has 1 rings (SSSR count). The molecule has 0 aliphatic rings. The minimum Gasteiger partial charge on any atom is -0.348 e. The highest BCUT2D eigenvalue weighted by Gasteiger charge is 2.28. The zero-order chi connectivity index (χ0) is 13.9. The predicted octanol–water partition coefficient (Wildman–Crippen LogP) is 2.89. The number of nitrogens with one attached hydrogen (secondary N) is 1. The predicted molar refractivity (Wildman–Crippen MR) is 75.4 cm³/mol. The van der Waals surface area contributed by atoms with Crippen molar-refractivity contribution in [2.24, 2.45) is 11.1 Å². The van der Waals surface area contributed by atoms with E-state index in [1.165, 1.54) is 0 Å². The van der Waals surface area contributed by atoms with Gasteiger partial charge in [-0.05, 0) is 24.0 Å². The van der Waals surface area contributed by atoms with Gasteiger partial charge in [0.15, 0.2) is 0 Å². The van der Waals surface area contributed by atoms with Crippen LogP contribution in [-0.4, -0.2) is 11.9 Å². The lowest BCUT2D eigenvalue weighted by Crippen LogP contribution is -2.49. The molecule has 18 heavy (non-hydrogen) atoms. The van der Waals surface area contributed by atoms with Crippen LogP contribution in [0, 0.1) is 5.41 Å². The highest BCUT2D eigenvalue weighted by molar-refractivity contribution is 6.31. The average Bonchev–Trinajstić information content (AvgIpc) is 2.27. The molecule has 0 saturated heterocycles. The second-order valence-electron chi connectivity index (χ2n) is 5.60. The van der Waals surface area contributed by atoms with Gasteiger partial charge < -0.3 is 11.1 Å². The van der Waals surface area contributed by atoms with Gasteiger partial charge in [-0.2, -0.15) is 0 Å². The van der Waals surface area contributed by atoms with Gasteiger partial charge in [0.1, 0.15) is 0 Å². The number of halogens is 1. The van der Waals surface area contributed by atoms with Crippen molar-refractivity contribution in [1.29, 1.82) is 0 Å². The highest BCUT2D eigenvalue weighted by atomic mass is 35.5. The lowest BCUT2D eigenvalue weighted by Gasteiger charge is -2.27. The largest absolute Gasteiger partial charge is 0.348 e. The van der Waals surface area contributed by atoms with E-state index in [4.69, 9.17) is 17.3 Å². The number of rotatable bonds is 3. The first-order valence-corrected chi connectivity index (χ1v) is 6.41. The second kappa shape index (κ2) is 5.72. The van der Waals surface area contributed by atoms with E-state index in [0.717, 1.165) is 5.56 Å². The van der Waals surface area contributed by atoms with Crippen LogP contribution in [0.3, 0.4) is 0 Å². The summed E-state index contributed by atoms with van der Waals surface area (Å²) in [4.78, 5) is 12.0. The Bertz CT molecular complexity index is 426. The van der Waals surface area contributed by atoms with Crippen LogP contribution in [0.15, 0.2) is 24.3 Å². The normalized spacial score (nSPS) is 15.0. The molecule has 0 aliphatic carbocycles. The molecule has 4 heteroatoms. The molecule has 1 amide bonds. The van der Waals surface area contributed by atoms with E-state index in [0.29, 0.717) is 5.02 Å². The summed E-state index contributed by atoms with van der Waals surface area (Å²) in [5.41, 5.74) is 6.55. The molecule has 0 fully saturated rings. The quantitative estimate of drug-likeness (QED) is 0.886. The molecule has 1 aromatic rings. The van der Waals surface area contributed by atoms with Crippen molar-refractivity contribution in [2.45, 2.75) is 39.8 Å². The number of amides is 1. The summed E-state index contributed by atoms with van der Waals surface area (Å²) < 4.78 is 0. The molecule has 1 aromatic carbocycles. The summed E-state index contributed by atoms with van der Waals surface area (Å²) in [6.45, 7) is 7.72. The molecule has 1 unspecified atom stereocenters. The molecular weight excluding hydrogens is 248 g/mol. The molecule has 0 spiro atoms. The number of benzene rings is 1. The third-order valence-electron chi connectivity index (χ3n) is 2.95. The molecular formula is C14H21ClN2O. The maximum atomic E-state index is 12.0. The van der Waals surface area contributed by atoms with E-state index in [9.17, 15) is 4.79 Å². The Kier molecular flexibility index (Phi) is 4.77. The van der Waals surface area contributed by atoms with Crippen LogP contribution in [0.2, 0.25) is 5.02 Å². The van der Waals surface area contributed by atoms with Gasteiger partial charge in [0.2, 0.25) is 5.91 Å². The zero-order valence-corrected chi connectivity index (χ0v) is 12.1. The minimum absolute atomic E-state index is 0.153. The van der Waals surface area contributed by atoms with Crippen molar-refractivity contribution < 1.29 is 4.79 Å². The Balaban J connectivity index is 2.75. The van der Waals surface area contributed by atoms with Crippen molar-refractivity contribution in [3.63, 3.8) is 0 Å². The standard InChI is InChI=1S/C14H21ClN2O/c1-9(10-7-5-6-8-11(10)15)17-13(18)12(16)14(2,3)4/h5-9,12H,16H2,1-4H3,(H,17,18)/t9?,12-/m1/s1. The Morgan fingerprint density at radius 3 is 2.39 bits per heavy atom. The van der Waals surface area contributed by atoms with Crippen molar-refractivity contribution in [2.75, 3.05) is 0 Å². The molecule has 0 aliphatic heterocycles. The third-order valence-corrected chi connectivity index (χ3v) is 3.29. The van der Waals surface area contributed by atoms with E-state index >= 15 is 0 Å². The first kappa shape index (κ1) is 15.0. The number of nitrogens with two attached hydrogens (primary N) is 1. The van der Waals surface area contributed by atoms with Gasteiger partial charge in [-0.15, -0.1) is 0 Å². The van der Waals surface area contributed by atoms with Gasteiger partial charge in [0.25, 0.3) is 0 Å². The van der Waals surface area contributed by atoms with Crippen molar-refractivity contribution in [3.8, 4) is 0 Å².